The number of carbonyl (C=O) groups excluding carboxylic acids is 1. The average Bonchev–Trinajstić information content (AvgIpc) is 2.43. The molecule has 104 valence electrons. The van der Waals surface area contributed by atoms with Crippen LogP contribution in [0.25, 0.3) is 0 Å². The molecule has 0 saturated heterocycles. The van der Waals surface area contributed by atoms with Crippen LogP contribution in [0.1, 0.15) is 38.7 Å². The van der Waals surface area contributed by atoms with Crippen molar-refractivity contribution in [1.29, 1.82) is 0 Å². The average molecular weight is 262 g/mol. The Hall–Kier alpha value is -1.51. The first kappa shape index (κ1) is 13.9. The summed E-state index contributed by atoms with van der Waals surface area (Å²) >= 11 is 0. The number of ether oxygens (including phenoxy) is 2. The number of Topliss-reactive ketones (excluding diaryl/α,β-unsaturated/α-hetero) is 1. The zero-order valence-corrected chi connectivity index (χ0v) is 11.8. The molecule has 19 heavy (non-hydrogen) atoms. The van der Waals surface area contributed by atoms with Crippen LogP contribution < -0.4 is 9.47 Å². The molecular weight excluding hydrogens is 240 g/mol. The third-order valence-corrected chi connectivity index (χ3v) is 3.39. The number of ketones is 1. The van der Waals surface area contributed by atoms with E-state index in [-0.39, 0.29) is 5.92 Å². The fourth-order valence-electron chi connectivity index (χ4n) is 2.16. The molecule has 1 aliphatic rings. The van der Waals surface area contributed by atoms with E-state index < -0.39 is 0 Å². The molecule has 0 aromatic heterocycles. The molecule has 0 unspecified atom stereocenters. The van der Waals surface area contributed by atoms with Crippen LogP contribution >= 0.6 is 0 Å². The zero-order valence-electron chi connectivity index (χ0n) is 11.8. The molecule has 3 nitrogen and oxygen atoms in total. The summed E-state index contributed by atoms with van der Waals surface area (Å²) in [7, 11) is 0. The summed E-state index contributed by atoms with van der Waals surface area (Å²) in [6.07, 6.45) is 3.69. The molecule has 0 radical (unpaired) electrons. The van der Waals surface area contributed by atoms with E-state index in [2.05, 4.69) is 12.1 Å². The van der Waals surface area contributed by atoms with Crippen molar-refractivity contribution < 1.29 is 14.3 Å². The number of rotatable bonds is 6. The maximum absolute atomic E-state index is 11.5. The lowest BCUT2D eigenvalue weighted by atomic mass is 10.0. The quantitative estimate of drug-likeness (QED) is 0.737. The summed E-state index contributed by atoms with van der Waals surface area (Å²) in [5, 5.41) is 0. The Kier molecular flexibility index (Phi) is 4.83. The lowest BCUT2D eigenvalue weighted by Crippen LogP contribution is -2.15. The van der Waals surface area contributed by atoms with Crippen molar-refractivity contribution in [3.8, 4) is 11.5 Å². The fourth-order valence-corrected chi connectivity index (χ4v) is 2.16. The third-order valence-electron chi connectivity index (χ3n) is 3.39. The van der Waals surface area contributed by atoms with E-state index in [0.717, 1.165) is 30.8 Å². The van der Waals surface area contributed by atoms with Crippen molar-refractivity contribution in [3.05, 3.63) is 23.8 Å². The van der Waals surface area contributed by atoms with Gasteiger partial charge < -0.3 is 9.47 Å². The molecule has 0 fully saturated rings. The van der Waals surface area contributed by atoms with Gasteiger partial charge in [0.05, 0.1) is 0 Å². The normalized spacial score (nSPS) is 13.6. The van der Waals surface area contributed by atoms with Gasteiger partial charge in [0.2, 0.25) is 0 Å². The highest BCUT2D eigenvalue weighted by atomic mass is 16.6. The zero-order chi connectivity index (χ0) is 13.7. The van der Waals surface area contributed by atoms with Crippen LogP contribution in [0.2, 0.25) is 0 Å². The summed E-state index contributed by atoms with van der Waals surface area (Å²) in [6, 6.07) is 6.11. The van der Waals surface area contributed by atoms with Crippen LogP contribution in [0.5, 0.6) is 11.5 Å². The number of benzene rings is 1. The van der Waals surface area contributed by atoms with E-state index >= 15 is 0 Å². The molecule has 0 N–H and O–H groups in total. The van der Waals surface area contributed by atoms with Gasteiger partial charge in [-0.2, -0.15) is 0 Å². The van der Waals surface area contributed by atoms with E-state index in [1.54, 1.807) is 0 Å². The van der Waals surface area contributed by atoms with Crippen LogP contribution in [-0.2, 0) is 11.2 Å². The first-order valence-electron chi connectivity index (χ1n) is 7.08. The van der Waals surface area contributed by atoms with Crippen LogP contribution in [0, 0.1) is 5.92 Å². The number of carbonyl (C=O) groups is 1. The molecule has 1 aliphatic heterocycles. The lowest BCUT2D eigenvalue weighted by molar-refractivity contribution is -0.122. The highest BCUT2D eigenvalue weighted by Gasteiger charge is 2.11. The first-order chi connectivity index (χ1) is 9.16. The smallest absolute Gasteiger partial charge is 0.161 e. The highest BCUT2D eigenvalue weighted by molar-refractivity contribution is 5.80. The van der Waals surface area contributed by atoms with Crippen LogP contribution in [0.15, 0.2) is 18.2 Å². The Morgan fingerprint density at radius 2 is 1.89 bits per heavy atom. The second-order valence-corrected chi connectivity index (χ2v) is 5.31. The molecule has 2 rings (SSSR count). The van der Waals surface area contributed by atoms with Crippen molar-refractivity contribution in [2.45, 2.75) is 39.5 Å². The van der Waals surface area contributed by atoms with Crippen molar-refractivity contribution in [3.63, 3.8) is 0 Å². The Morgan fingerprint density at radius 3 is 2.63 bits per heavy atom. The first-order valence-corrected chi connectivity index (χ1v) is 7.08. The summed E-state index contributed by atoms with van der Waals surface area (Å²) in [4.78, 5) is 11.5. The molecule has 0 aliphatic carbocycles. The van der Waals surface area contributed by atoms with Crippen LogP contribution in [0.3, 0.4) is 0 Å². The summed E-state index contributed by atoms with van der Waals surface area (Å²) in [6.45, 7) is 5.18. The molecule has 1 aromatic carbocycles. The van der Waals surface area contributed by atoms with Gasteiger partial charge >= 0.3 is 0 Å². The summed E-state index contributed by atoms with van der Waals surface area (Å²) < 4.78 is 11.1. The molecule has 0 spiro atoms. The molecule has 3 heteroatoms. The Bertz CT molecular complexity index is 438. The Morgan fingerprint density at radius 1 is 1.16 bits per heavy atom. The number of hydrogen-bond donors (Lipinski definition) is 0. The van der Waals surface area contributed by atoms with Gasteiger partial charge in [-0.25, -0.2) is 0 Å². The predicted molar refractivity (Wildman–Crippen MR) is 74.8 cm³/mol. The third kappa shape index (κ3) is 3.98. The minimum absolute atomic E-state index is 0.161. The Balaban J connectivity index is 1.79. The molecule has 1 heterocycles. The van der Waals surface area contributed by atoms with Gasteiger partial charge in [-0.05, 0) is 37.0 Å². The summed E-state index contributed by atoms with van der Waals surface area (Å²) in [5.74, 6) is 2.21. The minimum atomic E-state index is 0.161. The lowest BCUT2D eigenvalue weighted by Gasteiger charge is -2.18. The molecule has 0 atom stereocenters. The largest absolute Gasteiger partial charge is 0.486 e. The van der Waals surface area contributed by atoms with Crippen molar-refractivity contribution >= 4 is 5.78 Å². The Labute approximate surface area is 114 Å². The van der Waals surface area contributed by atoms with E-state index in [9.17, 15) is 4.79 Å². The van der Waals surface area contributed by atoms with Crippen molar-refractivity contribution in [2.75, 3.05) is 13.2 Å². The number of hydrogen-bond acceptors (Lipinski definition) is 3. The topological polar surface area (TPSA) is 35.5 Å². The van der Waals surface area contributed by atoms with Gasteiger partial charge in [0.1, 0.15) is 19.0 Å². The van der Waals surface area contributed by atoms with Crippen molar-refractivity contribution in [1.82, 2.24) is 0 Å². The second kappa shape index (κ2) is 6.60. The SMILES string of the molecule is CC(C)C(=O)CCCCc1ccc2c(c1)OCCO2. The van der Waals surface area contributed by atoms with Gasteiger partial charge in [0, 0.05) is 12.3 Å². The van der Waals surface area contributed by atoms with E-state index in [0.29, 0.717) is 25.4 Å². The maximum Gasteiger partial charge on any atom is 0.161 e. The fraction of sp³-hybridized carbons (Fsp3) is 0.562. The molecule has 0 amide bonds. The van der Waals surface area contributed by atoms with Gasteiger partial charge in [-0.15, -0.1) is 0 Å². The van der Waals surface area contributed by atoms with Gasteiger partial charge in [-0.1, -0.05) is 19.9 Å². The van der Waals surface area contributed by atoms with Crippen molar-refractivity contribution in [2.24, 2.45) is 5.92 Å². The maximum atomic E-state index is 11.5. The molecular formula is C16H22O3. The van der Waals surface area contributed by atoms with E-state index in [1.165, 1.54) is 5.56 Å². The minimum Gasteiger partial charge on any atom is -0.486 e. The van der Waals surface area contributed by atoms with E-state index in [1.807, 2.05) is 19.9 Å². The molecule has 1 aromatic rings. The highest BCUT2D eigenvalue weighted by Crippen LogP contribution is 2.31. The van der Waals surface area contributed by atoms with Crippen LogP contribution in [0.4, 0.5) is 0 Å². The van der Waals surface area contributed by atoms with Gasteiger partial charge in [0.15, 0.2) is 11.5 Å². The molecule has 0 bridgehead atoms. The number of aryl methyl sites for hydroxylation is 1. The van der Waals surface area contributed by atoms with Crippen LogP contribution in [-0.4, -0.2) is 19.0 Å². The summed E-state index contributed by atoms with van der Waals surface area (Å²) in [5.41, 5.74) is 1.25. The second-order valence-electron chi connectivity index (χ2n) is 5.31. The molecule has 0 saturated carbocycles. The standard InChI is InChI=1S/C16H22O3/c1-12(2)14(17)6-4-3-5-13-7-8-15-16(11-13)19-10-9-18-15/h7-8,11-12H,3-6,9-10H2,1-2H3. The monoisotopic (exact) mass is 262 g/mol. The van der Waals surface area contributed by atoms with Gasteiger partial charge in [0.25, 0.3) is 0 Å². The van der Waals surface area contributed by atoms with Gasteiger partial charge in [-0.3, -0.25) is 4.79 Å². The predicted octanol–water partition coefficient (Wildman–Crippen LogP) is 3.40. The number of unbranched alkanes of at least 4 members (excludes halogenated alkanes) is 1. The van der Waals surface area contributed by atoms with E-state index in [4.69, 9.17) is 9.47 Å². The number of fused-ring (bicyclic) bond motifs is 1.